The van der Waals surface area contributed by atoms with E-state index in [0.717, 1.165) is 17.7 Å². The minimum absolute atomic E-state index is 0.449. The van der Waals surface area contributed by atoms with Crippen LogP contribution in [-0.4, -0.2) is 6.61 Å². The Kier molecular flexibility index (Phi) is 6.41. The van der Waals surface area contributed by atoms with Crippen LogP contribution in [0.25, 0.3) is 0 Å². The fourth-order valence-corrected chi connectivity index (χ4v) is 2.19. The number of hydrogen-bond acceptors (Lipinski definition) is 2. The van der Waals surface area contributed by atoms with Crippen molar-refractivity contribution in [3.05, 3.63) is 58.1 Å². The summed E-state index contributed by atoms with van der Waals surface area (Å²) in [5, 5.41) is 1.26. The Morgan fingerprint density at radius 2 is 1.68 bits per heavy atom. The highest BCUT2D eigenvalue weighted by atomic mass is 35.5. The molecule has 0 N–H and O–H groups in total. The van der Waals surface area contributed by atoms with Crippen molar-refractivity contribution in [2.24, 2.45) is 5.92 Å². The van der Waals surface area contributed by atoms with Crippen LogP contribution in [0.15, 0.2) is 42.5 Å². The molecule has 2 aromatic rings. The molecule has 0 aliphatic rings. The largest absolute Gasteiger partial charge is 0.494 e. The first-order valence-corrected chi connectivity index (χ1v) is 8.10. The molecular weight excluding hydrogens is 319 g/mol. The van der Waals surface area contributed by atoms with Gasteiger partial charge in [-0.2, -0.15) is 0 Å². The lowest BCUT2D eigenvalue weighted by Gasteiger charge is -2.11. The molecule has 0 unspecified atom stereocenters. The molecular formula is C18H20Cl2O2. The first-order chi connectivity index (χ1) is 10.5. The molecule has 118 valence electrons. The van der Waals surface area contributed by atoms with Crippen LogP contribution in [0.2, 0.25) is 10.0 Å². The lowest BCUT2D eigenvalue weighted by molar-refractivity contribution is 0.286. The summed E-state index contributed by atoms with van der Waals surface area (Å²) in [5.74, 6) is 2.04. The van der Waals surface area contributed by atoms with E-state index in [2.05, 4.69) is 13.8 Å². The van der Waals surface area contributed by atoms with Crippen molar-refractivity contribution < 1.29 is 9.47 Å². The Hall–Kier alpha value is -1.38. The van der Waals surface area contributed by atoms with Crippen molar-refractivity contribution in [3.8, 4) is 11.5 Å². The van der Waals surface area contributed by atoms with Gasteiger partial charge in [-0.05, 0) is 42.2 Å². The first kappa shape index (κ1) is 17.0. The molecule has 0 aromatic heterocycles. The maximum absolute atomic E-state index is 6.24. The zero-order chi connectivity index (χ0) is 15.9. The second kappa shape index (κ2) is 8.30. The number of hydrogen-bond donors (Lipinski definition) is 0. The van der Waals surface area contributed by atoms with Crippen LogP contribution >= 0.6 is 23.2 Å². The molecule has 0 heterocycles. The summed E-state index contributed by atoms with van der Waals surface area (Å²) in [6.07, 6.45) is 1.02. The third-order valence-electron chi connectivity index (χ3n) is 3.17. The van der Waals surface area contributed by atoms with Crippen LogP contribution in [0.4, 0.5) is 0 Å². The standard InChI is InChI=1S/C18H20Cl2O2/c1-13(2)9-10-21-16-7-8-18(17(20)11-16)22-12-14-3-5-15(19)6-4-14/h3-8,11,13H,9-10,12H2,1-2H3. The summed E-state index contributed by atoms with van der Waals surface area (Å²) < 4.78 is 11.4. The molecule has 0 bridgehead atoms. The number of ether oxygens (including phenoxy) is 2. The van der Waals surface area contributed by atoms with Crippen LogP contribution in [0.1, 0.15) is 25.8 Å². The normalized spacial score (nSPS) is 10.8. The lowest BCUT2D eigenvalue weighted by atomic mass is 10.1. The van der Waals surface area contributed by atoms with Gasteiger partial charge in [-0.1, -0.05) is 49.2 Å². The van der Waals surface area contributed by atoms with Crippen LogP contribution in [0.5, 0.6) is 11.5 Å². The predicted molar refractivity (Wildman–Crippen MR) is 92.2 cm³/mol. The summed E-state index contributed by atoms with van der Waals surface area (Å²) in [4.78, 5) is 0. The zero-order valence-corrected chi connectivity index (χ0v) is 14.3. The van der Waals surface area contributed by atoms with Crippen molar-refractivity contribution in [2.45, 2.75) is 26.9 Å². The van der Waals surface area contributed by atoms with Gasteiger partial charge < -0.3 is 9.47 Å². The van der Waals surface area contributed by atoms with E-state index in [1.165, 1.54) is 0 Å². The minimum Gasteiger partial charge on any atom is -0.494 e. The highest BCUT2D eigenvalue weighted by Gasteiger charge is 2.05. The van der Waals surface area contributed by atoms with E-state index in [0.29, 0.717) is 34.9 Å². The van der Waals surface area contributed by atoms with Gasteiger partial charge in [0.15, 0.2) is 0 Å². The second-order valence-electron chi connectivity index (χ2n) is 5.54. The van der Waals surface area contributed by atoms with Crippen LogP contribution in [0, 0.1) is 5.92 Å². The molecule has 0 atom stereocenters. The lowest BCUT2D eigenvalue weighted by Crippen LogP contribution is -2.01. The quantitative estimate of drug-likeness (QED) is 0.616. The van der Waals surface area contributed by atoms with Crippen LogP contribution in [0.3, 0.4) is 0 Å². The van der Waals surface area contributed by atoms with Gasteiger partial charge in [-0.15, -0.1) is 0 Å². The van der Waals surface area contributed by atoms with Crippen molar-refractivity contribution in [1.29, 1.82) is 0 Å². The Morgan fingerprint density at radius 1 is 0.955 bits per heavy atom. The third-order valence-corrected chi connectivity index (χ3v) is 3.72. The Balaban J connectivity index is 1.90. The Bertz CT molecular complexity index is 595. The molecule has 4 heteroatoms. The molecule has 0 aliphatic carbocycles. The van der Waals surface area contributed by atoms with Gasteiger partial charge in [0.25, 0.3) is 0 Å². The van der Waals surface area contributed by atoms with Crippen molar-refractivity contribution in [1.82, 2.24) is 0 Å². The van der Waals surface area contributed by atoms with E-state index < -0.39 is 0 Å². The molecule has 0 aliphatic heterocycles. The molecule has 0 saturated carbocycles. The topological polar surface area (TPSA) is 18.5 Å². The van der Waals surface area contributed by atoms with Gasteiger partial charge in [0.05, 0.1) is 11.6 Å². The zero-order valence-electron chi connectivity index (χ0n) is 12.8. The molecule has 2 rings (SSSR count). The van der Waals surface area contributed by atoms with Gasteiger partial charge in [-0.3, -0.25) is 0 Å². The fraction of sp³-hybridized carbons (Fsp3) is 0.333. The number of rotatable bonds is 7. The Labute approximate surface area is 142 Å². The average molecular weight is 339 g/mol. The summed E-state index contributed by atoms with van der Waals surface area (Å²) >= 11 is 12.1. The molecule has 0 spiro atoms. The number of halogens is 2. The van der Waals surface area contributed by atoms with Gasteiger partial charge in [0.2, 0.25) is 0 Å². The second-order valence-corrected chi connectivity index (χ2v) is 6.38. The van der Waals surface area contributed by atoms with Crippen molar-refractivity contribution in [3.63, 3.8) is 0 Å². The number of benzene rings is 2. The van der Waals surface area contributed by atoms with Gasteiger partial charge in [0, 0.05) is 11.1 Å². The highest BCUT2D eigenvalue weighted by Crippen LogP contribution is 2.29. The van der Waals surface area contributed by atoms with Crippen LogP contribution in [-0.2, 0) is 6.61 Å². The van der Waals surface area contributed by atoms with E-state index in [1.54, 1.807) is 6.07 Å². The fourth-order valence-electron chi connectivity index (χ4n) is 1.84. The SMILES string of the molecule is CC(C)CCOc1ccc(OCc2ccc(Cl)cc2)c(Cl)c1. The Morgan fingerprint density at radius 3 is 2.32 bits per heavy atom. The molecule has 2 nitrogen and oxygen atoms in total. The summed E-state index contributed by atoms with van der Waals surface area (Å²) in [7, 11) is 0. The third kappa shape index (κ3) is 5.43. The summed E-state index contributed by atoms with van der Waals surface area (Å²) in [5.41, 5.74) is 1.04. The summed E-state index contributed by atoms with van der Waals surface area (Å²) in [6.45, 7) is 5.48. The van der Waals surface area contributed by atoms with Crippen LogP contribution < -0.4 is 9.47 Å². The average Bonchev–Trinajstić information content (AvgIpc) is 2.48. The monoisotopic (exact) mass is 338 g/mol. The van der Waals surface area contributed by atoms with Gasteiger partial charge in [-0.25, -0.2) is 0 Å². The molecule has 0 amide bonds. The minimum atomic E-state index is 0.449. The molecule has 0 fully saturated rings. The van der Waals surface area contributed by atoms with Crippen molar-refractivity contribution in [2.75, 3.05) is 6.61 Å². The highest BCUT2D eigenvalue weighted by molar-refractivity contribution is 6.32. The van der Waals surface area contributed by atoms with E-state index in [4.69, 9.17) is 32.7 Å². The van der Waals surface area contributed by atoms with Gasteiger partial charge in [0.1, 0.15) is 18.1 Å². The maximum atomic E-state index is 6.24. The molecule has 22 heavy (non-hydrogen) atoms. The van der Waals surface area contributed by atoms with Crippen molar-refractivity contribution >= 4 is 23.2 Å². The van der Waals surface area contributed by atoms with E-state index in [1.807, 2.05) is 36.4 Å². The van der Waals surface area contributed by atoms with E-state index in [9.17, 15) is 0 Å². The molecule has 0 saturated heterocycles. The molecule has 2 aromatic carbocycles. The predicted octanol–water partition coefficient (Wildman–Crippen LogP) is 6.00. The van der Waals surface area contributed by atoms with E-state index in [-0.39, 0.29) is 0 Å². The summed E-state index contributed by atoms with van der Waals surface area (Å²) in [6, 6.07) is 13.0. The smallest absolute Gasteiger partial charge is 0.138 e. The van der Waals surface area contributed by atoms with E-state index >= 15 is 0 Å². The molecule has 0 radical (unpaired) electrons. The van der Waals surface area contributed by atoms with Gasteiger partial charge >= 0.3 is 0 Å². The maximum Gasteiger partial charge on any atom is 0.138 e. The first-order valence-electron chi connectivity index (χ1n) is 7.34.